The number of hydrogen-bond donors (Lipinski definition) is 1. The third-order valence-electron chi connectivity index (χ3n) is 4.89. The highest BCUT2D eigenvalue weighted by Crippen LogP contribution is 2.34. The lowest BCUT2D eigenvalue weighted by Gasteiger charge is -2.44. The van der Waals surface area contributed by atoms with Crippen molar-refractivity contribution in [1.29, 1.82) is 0 Å². The number of piperidine rings is 1. The van der Waals surface area contributed by atoms with Gasteiger partial charge in [-0.2, -0.15) is 0 Å². The van der Waals surface area contributed by atoms with Crippen molar-refractivity contribution in [2.75, 3.05) is 13.1 Å². The summed E-state index contributed by atoms with van der Waals surface area (Å²) in [5.74, 6) is 0.362. The minimum atomic E-state index is -3.40. The highest BCUT2D eigenvalue weighted by atomic mass is 32.2. The number of rotatable bonds is 3. The van der Waals surface area contributed by atoms with Crippen molar-refractivity contribution < 1.29 is 17.9 Å². The Morgan fingerprint density at radius 3 is 2.38 bits per heavy atom. The van der Waals surface area contributed by atoms with Crippen LogP contribution >= 0.6 is 0 Å². The minimum Gasteiger partial charge on any atom is -0.467 e. The predicted octanol–water partition coefficient (Wildman–Crippen LogP) is 2.13. The summed E-state index contributed by atoms with van der Waals surface area (Å²) in [4.78, 5) is 12.4. The molecule has 1 fully saturated rings. The number of amides is 1. The second-order valence-corrected chi connectivity index (χ2v) is 8.66. The summed E-state index contributed by atoms with van der Waals surface area (Å²) >= 11 is 0. The lowest BCUT2D eigenvalue weighted by atomic mass is 9.98. The molecule has 1 N–H and O–H groups in total. The molecule has 26 heavy (non-hydrogen) atoms. The van der Waals surface area contributed by atoms with Crippen LogP contribution < -0.4 is 10.1 Å². The lowest BCUT2D eigenvalue weighted by molar-refractivity contribution is -0.0155. The Morgan fingerprint density at radius 1 is 1.00 bits per heavy atom. The first-order valence-corrected chi connectivity index (χ1v) is 10.2. The zero-order chi connectivity index (χ0) is 18.2. The molecule has 2 aromatic rings. The Kier molecular flexibility index (Phi) is 4.20. The van der Waals surface area contributed by atoms with Crippen LogP contribution in [0.2, 0.25) is 0 Å². The van der Waals surface area contributed by atoms with Crippen LogP contribution in [-0.4, -0.2) is 37.4 Å². The van der Waals surface area contributed by atoms with E-state index >= 15 is 0 Å². The van der Waals surface area contributed by atoms with Gasteiger partial charge in [-0.1, -0.05) is 42.5 Å². The number of carbonyl (C=O) groups excluding carboxylic acids is 1. The van der Waals surface area contributed by atoms with Crippen LogP contribution in [0.3, 0.4) is 0 Å². The summed E-state index contributed by atoms with van der Waals surface area (Å²) in [6.07, 6.45) is 0.836. The van der Waals surface area contributed by atoms with E-state index in [2.05, 4.69) is 5.32 Å². The van der Waals surface area contributed by atoms with Crippen molar-refractivity contribution in [1.82, 2.24) is 9.62 Å². The van der Waals surface area contributed by atoms with Gasteiger partial charge < -0.3 is 10.1 Å². The minimum absolute atomic E-state index is 0.0170. The lowest BCUT2D eigenvalue weighted by Crippen LogP contribution is -2.61. The first-order valence-electron chi connectivity index (χ1n) is 8.60. The predicted molar refractivity (Wildman–Crippen MR) is 97.1 cm³/mol. The van der Waals surface area contributed by atoms with Gasteiger partial charge in [0.05, 0.1) is 11.3 Å². The summed E-state index contributed by atoms with van der Waals surface area (Å²) in [6, 6.07) is 16.3. The van der Waals surface area contributed by atoms with E-state index in [1.54, 1.807) is 18.2 Å². The number of carbonyl (C=O) groups is 1. The van der Waals surface area contributed by atoms with Crippen molar-refractivity contribution in [3.8, 4) is 5.75 Å². The number of hydrogen-bond acceptors (Lipinski definition) is 4. The molecule has 1 amide bonds. The molecule has 2 aliphatic rings. The van der Waals surface area contributed by atoms with Crippen LogP contribution in [0.4, 0.5) is 0 Å². The number of benzene rings is 2. The van der Waals surface area contributed by atoms with E-state index in [9.17, 15) is 13.2 Å². The fourth-order valence-electron chi connectivity index (χ4n) is 3.48. The molecule has 1 spiro atoms. The highest BCUT2D eigenvalue weighted by molar-refractivity contribution is 7.88. The fraction of sp³-hybridized carbons (Fsp3) is 0.316. The standard InChI is InChI=1S/C19H20N2O4S/c22-18-16-8-4-5-9-17(16)25-19(20-18)10-12-21(13-11-19)26(23,24)14-15-6-2-1-3-7-15/h1-9H,10-14H2,(H,20,22). The molecule has 1 saturated heterocycles. The molecule has 2 aromatic carbocycles. The van der Waals surface area contributed by atoms with E-state index in [1.807, 2.05) is 36.4 Å². The van der Waals surface area contributed by atoms with Crippen molar-refractivity contribution in [3.63, 3.8) is 0 Å². The van der Waals surface area contributed by atoms with Gasteiger partial charge in [-0.3, -0.25) is 4.79 Å². The Labute approximate surface area is 152 Å². The number of sulfonamides is 1. The third kappa shape index (κ3) is 3.20. The summed E-state index contributed by atoms with van der Waals surface area (Å²) < 4.78 is 32.9. The SMILES string of the molecule is O=C1NC2(CCN(S(=O)(=O)Cc3ccccc3)CC2)Oc2ccccc21. The van der Waals surface area contributed by atoms with Crippen molar-refractivity contribution in [3.05, 3.63) is 65.7 Å². The smallest absolute Gasteiger partial charge is 0.258 e. The Morgan fingerprint density at radius 2 is 1.65 bits per heavy atom. The first-order chi connectivity index (χ1) is 12.5. The van der Waals surface area contributed by atoms with Crippen LogP contribution in [-0.2, 0) is 15.8 Å². The fourth-order valence-corrected chi connectivity index (χ4v) is 5.02. The number of fused-ring (bicyclic) bond motifs is 1. The van der Waals surface area contributed by atoms with Crippen molar-refractivity contribution >= 4 is 15.9 Å². The summed E-state index contributed by atoms with van der Waals surface area (Å²) in [6.45, 7) is 0.634. The molecule has 136 valence electrons. The number of para-hydroxylation sites is 1. The molecule has 0 unspecified atom stereocenters. The molecule has 2 aliphatic heterocycles. The number of ether oxygens (including phenoxy) is 1. The molecule has 0 radical (unpaired) electrons. The van der Waals surface area contributed by atoms with Crippen molar-refractivity contribution in [2.24, 2.45) is 0 Å². The van der Waals surface area contributed by atoms with Crippen molar-refractivity contribution in [2.45, 2.75) is 24.3 Å². The summed E-state index contributed by atoms with van der Waals surface area (Å²) in [7, 11) is -3.40. The van der Waals surface area contributed by atoms with Gasteiger partial charge in [0, 0.05) is 25.9 Å². The highest BCUT2D eigenvalue weighted by Gasteiger charge is 2.44. The van der Waals surface area contributed by atoms with Crippen LogP contribution in [0.25, 0.3) is 0 Å². The Balaban J connectivity index is 1.47. The number of nitrogens with zero attached hydrogens (tertiary/aromatic N) is 1. The normalized spacial score (nSPS) is 19.5. The van der Waals surface area contributed by atoms with Crippen LogP contribution in [0, 0.1) is 0 Å². The topological polar surface area (TPSA) is 75.7 Å². The van der Waals surface area contributed by atoms with Crippen LogP contribution in [0.15, 0.2) is 54.6 Å². The monoisotopic (exact) mass is 372 g/mol. The largest absolute Gasteiger partial charge is 0.467 e. The molecule has 0 aliphatic carbocycles. The van der Waals surface area contributed by atoms with E-state index in [-0.39, 0.29) is 11.7 Å². The molecular formula is C19H20N2O4S. The molecule has 0 saturated carbocycles. The van der Waals surface area contributed by atoms with Crippen LogP contribution in [0.5, 0.6) is 5.75 Å². The Hall–Kier alpha value is -2.38. The van der Waals surface area contributed by atoms with E-state index < -0.39 is 15.7 Å². The quantitative estimate of drug-likeness (QED) is 0.896. The van der Waals surface area contributed by atoms with E-state index in [4.69, 9.17) is 4.74 Å². The summed E-state index contributed by atoms with van der Waals surface area (Å²) in [5, 5.41) is 2.93. The van der Waals surface area contributed by atoms with Gasteiger partial charge in [0.15, 0.2) is 5.72 Å². The third-order valence-corrected chi connectivity index (χ3v) is 6.74. The maximum Gasteiger partial charge on any atom is 0.258 e. The summed E-state index contributed by atoms with van der Waals surface area (Å²) in [5.41, 5.74) is 0.450. The second-order valence-electron chi connectivity index (χ2n) is 6.69. The molecule has 7 heteroatoms. The molecular weight excluding hydrogens is 352 g/mol. The number of nitrogens with one attached hydrogen (secondary N) is 1. The maximum atomic E-state index is 12.7. The average Bonchev–Trinajstić information content (AvgIpc) is 2.62. The maximum absolute atomic E-state index is 12.7. The van der Waals surface area contributed by atoms with Gasteiger partial charge in [0.1, 0.15) is 5.75 Å². The zero-order valence-corrected chi connectivity index (χ0v) is 15.0. The molecule has 0 aromatic heterocycles. The van der Waals surface area contributed by atoms with Crippen LogP contribution in [0.1, 0.15) is 28.8 Å². The first kappa shape index (κ1) is 17.1. The van der Waals surface area contributed by atoms with Gasteiger partial charge in [-0.05, 0) is 17.7 Å². The van der Waals surface area contributed by atoms with Gasteiger partial charge in [0.2, 0.25) is 10.0 Å². The average molecular weight is 372 g/mol. The molecule has 0 atom stereocenters. The molecule has 2 heterocycles. The molecule has 4 rings (SSSR count). The van der Waals surface area contributed by atoms with Gasteiger partial charge in [-0.15, -0.1) is 0 Å². The molecule has 6 nitrogen and oxygen atoms in total. The van der Waals surface area contributed by atoms with Gasteiger partial charge in [-0.25, -0.2) is 12.7 Å². The zero-order valence-electron chi connectivity index (χ0n) is 14.2. The van der Waals surface area contributed by atoms with E-state index in [0.717, 1.165) is 5.56 Å². The molecule has 0 bridgehead atoms. The van der Waals surface area contributed by atoms with E-state index in [1.165, 1.54) is 4.31 Å². The van der Waals surface area contributed by atoms with Gasteiger partial charge in [0.25, 0.3) is 5.91 Å². The Bertz CT molecular complexity index is 920. The van der Waals surface area contributed by atoms with E-state index in [0.29, 0.717) is 37.2 Å². The van der Waals surface area contributed by atoms with Gasteiger partial charge >= 0.3 is 0 Å². The second kappa shape index (κ2) is 6.41.